The Bertz CT molecular complexity index is 3100. The van der Waals surface area contributed by atoms with Gasteiger partial charge in [0.2, 0.25) is 0 Å². The first kappa shape index (κ1) is 37.0. The summed E-state index contributed by atoms with van der Waals surface area (Å²) in [7, 11) is 0. The molecule has 1 heterocycles. The highest BCUT2D eigenvalue weighted by Gasteiger charge is 2.51. The molecule has 0 aromatic heterocycles. The van der Waals surface area contributed by atoms with Gasteiger partial charge in [-0.15, -0.1) is 0 Å². The molecule has 0 amide bonds. The second-order valence-corrected chi connectivity index (χ2v) is 15.8. The number of nitrogens with two attached hydrogens (primary N) is 1. The molecule has 0 saturated carbocycles. The van der Waals surface area contributed by atoms with Crippen LogP contribution in [-0.2, 0) is 5.41 Å². The van der Waals surface area contributed by atoms with Crippen LogP contribution in [0.3, 0.4) is 0 Å². The van der Waals surface area contributed by atoms with E-state index in [9.17, 15) is 0 Å². The van der Waals surface area contributed by atoms with Gasteiger partial charge in [-0.3, -0.25) is 4.99 Å². The fourth-order valence-corrected chi connectivity index (χ4v) is 9.76. The number of hydrogen-bond donors (Lipinski definition) is 1. The van der Waals surface area contributed by atoms with Crippen LogP contribution >= 0.6 is 0 Å². The predicted molar refractivity (Wildman–Crippen MR) is 257 cm³/mol. The van der Waals surface area contributed by atoms with Crippen molar-refractivity contribution in [2.75, 3.05) is 4.90 Å². The minimum atomic E-state index is -0.590. The molecule has 1 atom stereocenters. The standard InChI is InChI=1S/C58H42N4/c59-56(41-22-6-2-7-23-41)61-57(60-39-40-20-4-1-5-21-40)48-30-13-12-28-46(48)45-27-11-10-26-44(45)42-36-37-51-49(38-42)47-29-14-15-31-50(47)58(51)52-32-16-18-34-54(52)62(43-24-8-3-9-25-43)55-35-19-17-33-53(55)58/h1-39,57H,(H2,59,61). The van der Waals surface area contributed by atoms with Gasteiger partial charge in [0.05, 0.1) is 16.8 Å². The molecule has 2 N–H and O–H groups in total. The number of anilines is 3. The molecular formula is C58H42N4. The number of nitrogens with zero attached hydrogens (tertiary/aromatic N) is 3. The van der Waals surface area contributed by atoms with Gasteiger partial charge in [-0.25, -0.2) is 4.99 Å². The molecule has 62 heavy (non-hydrogen) atoms. The third-order valence-corrected chi connectivity index (χ3v) is 12.4. The highest BCUT2D eigenvalue weighted by molar-refractivity contribution is 5.99. The van der Waals surface area contributed by atoms with Crippen molar-refractivity contribution < 1.29 is 0 Å². The van der Waals surface area contributed by atoms with Gasteiger partial charge in [-0.05, 0) is 91.5 Å². The summed E-state index contributed by atoms with van der Waals surface area (Å²) in [6.07, 6.45) is 1.30. The lowest BCUT2D eigenvalue weighted by molar-refractivity contribution is 0.753. The van der Waals surface area contributed by atoms with Crippen LogP contribution < -0.4 is 10.6 Å². The first-order valence-electron chi connectivity index (χ1n) is 21.1. The van der Waals surface area contributed by atoms with E-state index in [-0.39, 0.29) is 0 Å². The third-order valence-electron chi connectivity index (χ3n) is 12.4. The Morgan fingerprint density at radius 3 is 1.66 bits per heavy atom. The number of fused-ring (bicyclic) bond motifs is 9. The van der Waals surface area contributed by atoms with Gasteiger partial charge in [-0.1, -0.05) is 200 Å². The second-order valence-electron chi connectivity index (χ2n) is 15.8. The SMILES string of the molecule is NC(=NC(N=Cc1ccccc1)c1ccccc1-c1ccccc1-c1ccc2c(c1)-c1ccccc1C21c2ccccc2N(c2ccccc2)c2ccccc21)c1ccccc1. The molecule has 0 fully saturated rings. The molecule has 1 aliphatic carbocycles. The number of para-hydroxylation sites is 3. The highest BCUT2D eigenvalue weighted by atomic mass is 15.2. The first-order valence-corrected chi connectivity index (χ1v) is 21.1. The fraction of sp³-hybridized carbons (Fsp3) is 0.0345. The molecule has 1 aliphatic heterocycles. The Hall–Kier alpha value is -8.08. The Labute approximate surface area is 362 Å². The predicted octanol–water partition coefficient (Wildman–Crippen LogP) is 13.7. The maximum absolute atomic E-state index is 6.73. The van der Waals surface area contributed by atoms with Crippen LogP contribution in [0.15, 0.2) is 241 Å². The number of hydrogen-bond acceptors (Lipinski definition) is 3. The van der Waals surface area contributed by atoms with E-state index < -0.39 is 11.6 Å². The minimum Gasteiger partial charge on any atom is -0.383 e. The Morgan fingerprint density at radius 2 is 0.968 bits per heavy atom. The van der Waals surface area contributed by atoms with Crippen molar-refractivity contribution in [2.24, 2.45) is 15.7 Å². The van der Waals surface area contributed by atoms with E-state index in [0.29, 0.717) is 5.84 Å². The van der Waals surface area contributed by atoms with Crippen molar-refractivity contribution in [2.45, 2.75) is 11.6 Å². The van der Waals surface area contributed by atoms with Crippen LogP contribution in [0.5, 0.6) is 0 Å². The molecule has 0 radical (unpaired) electrons. The van der Waals surface area contributed by atoms with Crippen LogP contribution in [0.2, 0.25) is 0 Å². The fourth-order valence-electron chi connectivity index (χ4n) is 9.76. The van der Waals surface area contributed by atoms with E-state index in [4.69, 9.17) is 15.7 Å². The summed E-state index contributed by atoms with van der Waals surface area (Å²) >= 11 is 0. The molecule has 1 unspecified atom stereocenters. The minimum absolute atomic E-state index is 0.438. The van der Waals surface area contributed by atoms with Crippen molar-refractivity contribution in [3.8, 4) is 33.4 Å². The van der Waals surface area contributed by atoms with E-state index >= 15 is 0 Å². The summed E-state index contributed by atoms with van der Waals surface area (Å²) in [6.45, 7) is 0. The zero-order valence-electron chi connectivity index (χ0n) is 34.0. The summed E-state index contributed by atoms with van der Waals surface area (Å²) < 4.78 is 0. The number of amidine groups is 1. The molecule has 0 bridgehead atoms. The third kappa shape index (κ3) is 6.07. The van der Waals surface area contributed by atoms with Gasteiger partial charge in [0.1, 0.15) is 5.84 Å². The number of rotatable bonds is 8. The van der Waals surface area contributed by atoms with Crippen molar-refractivity contribution in [3.05, 3.63) is 269 Å². The van der Waals surface area contributed by atoms with Gasteiger partial charge in [-0.2, -0.15) is 0 Å². The van der Waals surface area contributed by atoms with Crippen LogP contribution in [0.1, 0.15) is 45.1 Å². The van der Waals surface area contributed by atoms with Crippen molar-refractivity contribution in [1.82, 2.24) is 0 Å². The van der Waals surface area contributed by atoms with E-state index in [0.717, 1.165) is 44.6 Å². The molecule has 9 aromatic carbocycles. The topological polar surface area (TPSA) is 54.0 Å². The van der Waals surface area contributed by atoms with Gasteiger partial charge in [0, 0.05) is 23.0 Å². The zero-order valence-corrected chi connectivity index (χ0v) is 34.0. The zero-order chi connectivity index (χ0) is 41.5. The summed E-state index contributed by atoms with van der Waals surface area (Å²) in [6, 6.07) is 82.0. The average Bonchev–Trinajstić information content (AvgIpc) is 3.64. The van der Waals surface area contributed by atoms with E-state index in [1.54, 1.807) is 0 Å². The van der Waals surface area contributed by atoms with Gasteiger partial charge >= 0.3 is 0 Å². The van der Waals surface area contributed by atoms with Crippen molar-refractivity contribution in [1.29, 1.82) is 0 Å². The molecule has 294 valence electrons. The maximum atomic E-state index is 6.73. The summed E-state index contributed by atoms with van der Waals surface area (Å²) in [5, 5.41) is 0. The monoisotopic (exact) mass is 794 g/mol. The smallest absolute Gasteiger partial charge is 0.167 e. The van der Waals surface area contributed by atoms with Crippen LogP contribution in [0.25, 0.3) is 33.4 Å². The van der Waals surface area contributed by atoms with E-state index in [1.807, 2.05) is 66.9 Å². The van der Waals surface area contributed by atoms with Crippen LogP contribution in [0.4, 0.5) is 17.1 Å². The number of aliphatic imine (C=N–C) groups is 2. The van der Waals surface area contributed by atoms with Gasteiger partial charge in [0.25, 0.3) is 0 Å². The van der Waals surface area contributed by atoms with Gasteiger partial charge < -0.3 is 10.6 Å². The molecule has 2 aliphatic rings. The van der Waals surface area contributed by atoms with Crippen molar-refractivity contribution in [3.63, 3.8) is 0 Å². The second kappa shape index (κ2) is 15.5. The molecule has 11 rings (SSSR count). The Balaban J connectivity index is 1.08. The summed E-state index contributed by atoms with van der Waals surface area (Å²) in [4.78, 5) is 12.6. The van der Waals surface area contributed by atoms with Gasteiger partial charge in [0.15, 0.2) is 6.17 Å². The molecule has 0 saturated heterocycles. The average molecular weight is 795 g/mol. The van der Waals surface area contributed by atoms with Crippen LogP contribution in [0, 0.1) is 0 Å². The molecule has 4 heteroatoms. The normalized spacial score (nSPS) is 13.9. The summed E-state index contributed by atoms with van der Waals surface area (Å²) in [5.74, 6) is 0.438. The molecule has 9 aromatic rings. The highest BCUT2D eigenvalue weighted by Crippen LogP contribution is 2.63. The maximum Gasteiger partial charge on any atom is 0.167 e. The quantitative estimate of drug-likeness (QED) is 0.123. The molecule has 4 nitrogen and oxygen atoms in total. The lowest BCUT2D eigenvalue weighted by atomic mass is 9.64. The lowest BCUT2D eigenvalue weighted by Gasteiger charge is -2.45. The molecule has 1 spiro atoms. The summed E-state index contributed by atoms with van der Waals surface area (Å²) in [5.41, 5.74) is 24.6. The first-order chi connectivity index (χ1) is 30.7. The Morgan fingerprint density at radius 1 is 0.452 bits per heavy atom. The lowest BCUT2D eigenvalue weighted by Crippen LogP contribution is -2.36. The van der Waals surface area contributed by atoms with Crippen LogP contribution in [-0.4, -0.2) is 12.1 Å². The largest absolute Gasteiger partial charge is 0.383 e. The number of benzene rings is 9. The molecular weight excluding hydrogens is 753 g/mol. The van der Waals surface area contributed by atoms with E-state index in [1.165, 1.54) is 44.8 Å². The van der Waals surface area contributed by atoms with Crippen molar-refractivity contribution >= 4 is 29.1 Å². The Kier molecular flexibility index (Phi) is 9.24. The van der Waals surface area contributed by atoms with E-state index in [2.05, 4.69) is 175 Å².